The predicted molar refractivity (Wildman–Crippen MR) is 73.8 cm³/mol. The van der Waals surface area contributed by atoms with Gasteiger partial charge in [-0.25, -0.2) is 8.42 Å². The van der Waals surface area contributed by atoms with Crippen molar-refractivity contribution in [3.63, 3.8) is 0 Å². The number of aliphatic carboxylic acids is 1. The number of sulfonamides is 1. The minimum atomic E-state index is -3.99. The number of carboxylic acid groups (broad SMARTS) is 1. The summed E-state index contributed by atoms with van der Waals surface area (Å²) in [4.78, 5) is 11.1. The second kappa shape index (κ2) is 6.34. The van der Waals surface area contributed by atoms with Crippen molar-refractivity contribution in [3.05, 3.63) is 29.8 Å². The van der Waals surface area contributed by atoms with Crippen molar-refractivity contribution >= 4 is 16.0 Å². The van der Waals surface area contributed by atoms with Gasteiger partial charge in [-0.2, -0.15) is 4.72 Å². The number of hydrogen-bond donors (Lipinski definition) is 3. The third-order valence-corrected chi connectivity index (χ3v) is 4.36. The molecule has 0 amide bonds. The summed E-state index contributed by atoms with van der Waals surface area (Å²) in [6, 6.07) is 4.42. The van der Waals surface area contributed by atoms with Crippen LogP contribution >= 0.6 is 0 Å². The van der Waals surface area contributed by atoms with E-state index in [9.17, 15) is 18.3 Å². The molecule has 0 radical (unpaired) electrons. The SMILES string of the molecule is Cc1ccc(S(=O)(=O)N[C@H](C(=O)O)[C@H](O)C(C)C)cc1. The second-order valence-corrected chi connectivity index (χ2v) is 6.70. The van der Waals surface area contributed by atoms with Crippen LogP contribution in [0.15, 0.2) is 29.2 Å². The molecule has 3 N–H and O–H groups in total. The number of hydrogen-bond acceptors (Lipinski definition) is 4. The van der Waals surface area contributed by atoms with Crippen LogP contribution in [0.5, 0.6) is 0 Å². The molecule has 0 heterocycles. The Labute approximate surface area is 118 Å². The zero-order chi connectivity index (χ0) is 15.5. The average molecular weight is 301 g/mol. The van der Waals surface area contributed by atoms with Gasteiger partial charge in [-0.1, -0.05) is 31.5 Å². The molecule has 112 valence electrons. The fraction of sp³-hybridized carbons (Fsp3) is 0.462. The molecule has 0 spiro atoms. The Morgan fingerprint density at radius 3 is 2.10 bits per heavy atom. The molecule has 0 fully saturated rings. The van der Waals surface area contributed by atoms with Crippen molar-refractivity contribution < 1.29 is 23.4 Å². The maximum absolute atomic E-state index is 12.1. The standard InChI is InChI=1S/C13H19NO5S/c1-8(2)12(15)11(13(16)17)14-20(18,19)10-6-4-9(3)5-7-10/h4-8,11-12,14-15H,1-3H3,(H,16,17)/t11-,12+/m0/s1. The molecule has 1 aromatic carbocycles. The van der Waals surface area contributed by atoms with Crippen LogP contribution in [-0.4, -0.2) is 36.7 Å². The van der Waals surface area contributed by atoms with Crippen molar-refractivity contribution in [2.24, 2.45) is 5.92 Å². The van der Waals surface area contributed by atoms with E-state index < -0.39 is 34.1 Å². The maximum Gasteiger partial charge on any atom is 0.324 e. The van der Waals surface area contributed by atoms with E-state index in [2.05, 4.69) is 0 Å². The minimum Gasteiger partial charge on any atom is -0.480 e. The molecule has 0 aliphatic carbocycles. The van der Waals surface area contributed by atoms with E-state index in [4.69, 9.17) is 5.11 Å². The number of aryl methyl sites for hydroxylation is 1. The van der Waals surface area contributed by atoms with Gasteiger partial charge >= 0.3 is 5.97 Å². The van der Waals surface area contributed by atoms with Gasteiger partial charge < -0.3 is 10.2 Å². The van der Waals surface area contributed by atoms with Crippen LogP contribution in [0.2, 0.25) is 0 Å². The van der Waals surface area contributed by atoms with Crippen molar-refractivity contribution in [2.45, 2.75) is 37.8 Å². The summed E-state index contributed by atoms with van der Waals surface area (Å²) in [5, 5.41) is 18.9. The lowest BCUT2D eigenvalue weighted by Crippen LogP contribution is -2.50. The molecule has 20 heavy (non-hydrogen) atoms. The first kappa shape index (κ1) is 16.6. The van der Waals surface area contributed by atoms with Crippen LogP contribution in [0, 0.1) is 12.8 Å². The number of carboxylic acids is 1. The zero-order valence-corrected chi connectivity index (χ0v) is 12.4. The average Bonchev–Trinajstić information content (AvgIpc) is 2.35. The van der Waals surface area contributed by atoms with Crippen molar-refractivity contribution in [1.82, 2.24) is 4.72 Å². The fourth-order valence-corrected chi connectivity index (χ4v) is 2.81. The molecule has 2 atom stereocenters. The Morgan fingerprint density at radius 1 is 1.20 bits per heavy atom. The van der Waals surface area contributed by atoms with E-state index in [1.165, 1.54) is 12.1 Å². The van der Waals surface area contributed by atoms with Crippen molar-refractivity contribution in [1.29, 1.82) is 0 Å². The summed E-state index contributed by atoms with van der Waals surface area (Å²) >= 11 is 0. The van der Waals surface area contributed by atoms with Crippen LogP contribution in [0.1, 0.15) is 19.4 Å². The maximum atomic E-state index is 12.1. The number of rotatable bonds is 6. The Kier molecular flexibility index (Phi) is 5.27. The predicted octanol–water partition coefficient (Wildman–Crippen LogP) is 0.743. The van der Waals surface area contributed by atoms with Crippen LogP contribution in [0.4, 0.5) is 0 Å². The van der Waals surface area contributed by atoms with Gasteiger partial charge in [-0.15, -0.1) is 0 Å². The molecule has 0 aromatic heterocycles. The third kappa shape index (κ3) is 4.03. The lowest BCUT2D eigenvalue weighted by atomic mass is 10.0. The number of carbonyl (C=O) groups is 1. The van der Waals surface area contributed by atoms with E-state index >= 15 is 0 Å². The van der Waals surface area contributed by atoms with Crippen LogP contribution in [0.3, 0.4) is 0 Å². The number of benzene rings is 1. The van der Waals surface area contributed by atoms with Crippen molar-refractivity contribution in [3.8, 4) is 0 Å². The molecule has 0 saturated heterocycles. The van der Waals surface area contributed by atoms with Crippen LogP contribution < -0.4 is 4.72 Å². The van der Waals surface area contributed by atoms with Gasteiger partial charge in [0.2, 0.25) is 10.0 Å². The topological polar surface area (TPSA) is 104 Å². The van der Waals surface area contributed by atoms with Crippen LogP contribution in [-0.2, 0) is 14.8 Å². The molecule has 1 rings (SSSR count). The van der Waals surface area contributed by atoms with Gasteiger partial charge in [0.15, 0.2) is 0 Å². The first-order chi connectivity index (χ1) is 9.15. The van der Waals surface area contributed by atoms with Gasteiger partial charge in [0.1, 0.15) is 6.04 Å². The quantitative estimate of drug-likeness (QED) is 0.719. The highest BCUT2D eigenvalue weighted by atomic mass is 32.2. The van der Waals surface area contributed by atoms with E-state index in [1.807, 2.05) is 11.6 Å². The van der Waals surface area contributed by atoms with E-state index in [0.717, 1.165) is 5.56 Å². The second-order valence-electron chi connectivity index (χ2n) is 4.98. The number of nitrogens with one attached hydrogen (secondary N) is 1. The normalized spacial score (nSPS) is 15.1. The fourth-order valence-electron chi connectivity index (χ4n) is 1.60. The molecular weight excluding hydrogens is 282 g/mol. The summed E-state index contributed by atoms with van der Waals surface area (Å²) in [5.41, 5.74) is 0.890. The highest BCUT2D eigenvalue weighted by molar-refractivity contribution is 7.89. The lowest BCUT2D eigenvalue weighted by molar-refractivity contribution is -0.142. The summed E-state index contributed by atoms with van der Waals surface area (Å²) in [7, 11) is -3.99. The molecular formula is C13H19NO5S. The molecule has 0 bridgehead atoms. The number of aliphatic hydroxyl groups excluding tert-OH is 1. The smallest absolute Gasteiger partial charge is 0.324 e. The first-order valence-corrected chi connectivity index (χ1v) is 7.63. The first-order valence-electron chi connectivity index (χ1n) is 6.15. The highest BCUT2D eigenvalue weighted by Gasteiger charge is 2.33. The van der Waals surface area contributed by atoms with E-state index in [-0.39, 0.29) is 4.90 Å². The number of aliphatic hydroxyl groups is 1. The molecule has 0 aliphatic rings. The zero-order valence-electron chi connectivity index (χ0n) is 11.6. The van der Waals surface area contributed by atoms with Crippen LogP contribution in [0.25, 0.3) is 0 Å². The largest absolute Gasteiger partial charge is 0.480 e. The Hall–Kier alpha value is -1.44. The molecule has 1 aromatic rings. The monoisotopic (exact) mass is 301 g/mol. The van der Waals surface area contributed by atoms with Gasteiger partial charge in [-0.3, -0.25) is 4.79 Å². The Balaban J connectivity index is 3.03. The third-order valence-electron chi connectivity index (χ3n) is 2.90. The summed E-state index contributed by atoms with van der Waals surface area (Å²) in [5.74, 6) is -1.81. The summed E-state index contributed by atoms with van der Waals surface area (Å²) < 4.78 is 26.2. The molecule has 0 aliphatic heterocycles. The van der Waals surface area contributed by atoms with Gasteiger partial charge in [0.25, 0.3) is 0 Å². The van der Waals surface area contributed by atoms with Crippen molar-refractivity contribution in [2.75, 3.05) is 0 Å². The summed E-state index contributed by atoms with van der Waals surface area (Å²) in [6.07, 6.45) is -1.31. The molecule has 0 unspecified atom stereocenters. The van der Waals surface area contributed by atoms with Gasteiger partial charge in [0, 0.05) is 0 Å². The summed E-state index contributed by atoms with van der Waals surface area (Å²) in [6.45, 7) is 5.04. The minimum absolute atomic E-state index is 0.0368. The van der Waals surface area contributed by atoms with Gasteiger partial charge in [0.05, 0.1) is 11.0 Å². The van der Waals surface area contributed by atoms with E-state index in [0.29, 0.717) is 0 Å². The van der Waals surface area contributed by atoms with Gasteiger partial charge in [-0.05, 0) is 25.0 Å². The highest BCUT2D eigenvalue weighted by Crippen LogP contribution is 2.13. The Morgan fingerprint density at radius 2 is 1.70 bits per heavy atom. The molecule has 7 heteroatoms. The molecule has 0 saturated carbocycles. The Bertz CT molecular complexity index is 565. The molecule has 6 nitrogen and oxygen atoms in total. The lowest BCUT2D eigenvalue weighted by Gasteiger charge is -2.23. The van der Waals surface area contributed by atoms with E-state index in [1.54, 1.807) is 26.0 Å².